The fourth-order valence-electron chi connectivity index (χ4n) is 1.57. The summed E-state index contributed by atoms with van der Waals surface area (Å²) in [5, 5.41) is 0. The molecule has 2 N–H and O–H groups in total. The minimum atomic E-state index is -0.133. The van der Waals surface area contributed by atoms with Crippen molar-refractivity contribution in [1.82, 2.24) is 0 Å². The SMILES string of the molecule is CCOC(CN)c1ccc(OC)cc1OC. The van der Waals surface area contributed by atoms with Crippen LogP contribution in [0, 0.1) is 0 Å². The third-order valence-corrected chi connectivity index (χ3v) is 2.37. The van der Waals surface area contributed by atoms with Crippen LogP contribution in [0.25, 0.3) is 0 Å². The number of ether oxygens (including phenoxy) is 3. The van der Waals surface area contributed by atoms with E-state index in [-0.39, 0.29) is 6.10 Å². The third-order valence-electron chi connectivity index (χ3n) is 2.37. The zero-order chi connectivity index (χ0) is 12.0. The highest BCUT2D eigenvalue weighted by Crippen LogP contribution is 2.30. The van der Waals surface area contributed by atoms with E-state index < -0.39 is 0 Å². The number of hydrogen-bond acceptors (Lipinski definition) is 4. The van der Waals surface area contributed by atoms with Crippen LogP contribution in [0.3, 0.4) is 0 Å². The summed E-state index contributed by atoms with van der Waals surface area (Å²) in [4.78, 5) is 0. The molecule has 0 aliphatic heterocycles. The first kappa shape index (κ1) is 12.8. The molecule has 90 valence electrons. The van der Waals surface area contributed by atoms with Crippen LogP contribution in [0.15, 0.2) is 18.2 Å². The van der Waals surface area contributed by atoms with Gasteiger partial charge in [-0.1, -0.05) is 0 Å². The Bertz CT molecular complexity index is 328. The number of hydrogen-bond donors (Lipinski definition) is 1. The fraction of sp³-hybridized carbons (Fsp3) is 0.500. The maximum atomic E-state index is 5.67. The molecule has 0 radical (unpaired) electrons. The van der Waals surface area contributed by atoms with Gasteiger partial charge in [0.05, 0.1) is 20.3 Å². The van der Waals surface area contributed by atoms with Gasteiger partial charge in [-0.2, -0.15) is 0 Å². The molecule has 1 atom stereocenters. The molecule has 0 saturated carbocycles. The van der Waals surface area contributed by atoms with Gasteiger partial charge in [0, 0.05) is 24.8 Å². The Kier molecular flexibility index (Phi) is 5.08. The Balaban J connectivity index is 3.01. The van der Waals surface area contributed by atoms with Crippen molar-refractivity contribution >= 4 is 0 Å². The van der Waals surface area contributed by atoms with Crippen LogP contribution in [0.4, 0.5) is 0 Å². The Labute approximate surface area is 96.3 Å². The molecule has 1 unspecified atom stereocenters. The first-order valence-electron chi connectivity index (χ1n) is 5.30. The van der Waals surface area contributed by atoms with Crippen LogP contribution in [-0.2, 0) is 4.74 Å². The molecule has 0 bridgehead atoms. The molecule has 1 aromatic rings. The lowest BCUT2D eigenvalue weighted by atomic mass is 10.1. The molecule has 1 rings (SSSR count). The van der Waals surface area contributed by atoms with Gasteiger partial charge in [0.1, 0.15) is 11.5 Å². The van der Waals surface area contributed by atoms with Crippen LogP contribution in [0.1, 0.15) is 18.6 Å². The monoisotopic (exact) mass is 225 g/mol. The molecule has 16 heavy (non-hydrogen) atoms. The molecule has 1 aromatic carbocycles. The van der Waals surface area contributed by atoms with E-state index in [1.54, 1.807) is 14.2 Å². The number of rotatable bonds is 6. The number of methoxy groups -OCH3 is 2. The maximum absolute atomic E-state index is 5.67. The molecule has 0 aliphatic rings. The Morgan fingerprint density at radius 3 is 2.50 bits per heavy atom. The van der Waals surface area contributed by atoms with E-state index in [2.05, 4.69) is 0 Å². The molecule has 0 saturated heterocycles. The highest BCUT2D eigenvalue weighted by atomic mass is 16.5. The van der Waals surface area contributed by atoms with E-state index in [0.29, 0.717) is 13.2 Å². The normalized spacial score (nSPS) is 12.2. The Morgan fingerprint density at radius 2 is 2.00 bits per heavy atom. The highest BCUT2D eigenvalue weighted by Gasteiger charge is 2.15. The minimum Gasteiger partial charge on any atom is -0.497 e. The largest absolute Gasteiger partial charge is 0.497 e. The lowest BCUT2D eigenvalue weighted by Gasteiger charge is -2.18. The second kappa shape index (κ2) is 6.35. The van der Waals surface area contributed by atoms with E-state index in [9.17, 15) is 0 Å². The first-order valence-corrected chi connectivity index (χ1v) is 5.30. The number of nitrogens with two attached hydrogens (primary N) is 1. The molecule has 4 heteroatoms. The summed E-state index contributed by atoms with van der Waals surface area (Å²) < 4.78 is 16.0. The van der Waals surface area contributed by atoms with Gasteiger partial charge in [-0.15, -0.1) is 0 Å². The lowest BCUT2D eigenvalue weighted by molar-refractivity contribution is 0.0669. The van der Waals surface area contributed by atoms with Crippen molar-refractivity contribution in [3.63, 3.8) is 0 Å². The summed E-state index contributed by atoms with van der Waals surface area (Å²) in [6.07, 6.45) is -0.133. The smallest absolute Gasteiger partial charge is 0.128 e. The fourth-order valence-corrected chi connectivity index (χ4v) is 1.57. The van der Waals surface area contributed by atoms with Crippen molar-refractivity contribution in [3.05, 3.63) is 23.8 Å². The average Bonchev–Trinajstić information content (AvgIpc) is 2.35. The van der Waals surface area contributed by atoms with Gasteiger partial charge in [-0.05, 0) is 19.1 Å². The summed E-state index contributed by atoms with van der Waals surface area (Å²) in [6, 6.07) is 5.63. The first-order chi connectivity index (χ1) is 7.76. The molecule has 4 nitrogen and oxygen atoms in total. The van der Waals surface area contributed by atoms with E-state index in [4.69, 9.17) is 19.9 Å². The molecular weight excluding hydrogens is 206 g/mol. The molecule has 0 aliphatic carbocycles. The summed E-state index contributed by atoms with van der Waals surface area (Å²) in [7, 11) is 3.25. The molecule has 0 fully saturated rings. The van der Waals surface area contributed by atoms with Crippen LogP contribution < -0.4 is 15.2 Å². The van der Waals surface area contributed by atoms with Crippen molar-refractivity contribution in [2.24, 2.45) is 5.73 Å². The standard InChI is InChI=1S/C12H19NO3/c1-4-16-12(8-13)10-6-5-9(14-2)7-11(10)15-3/h5-7,12H,4,8,13H2,1-3H3. The van der Waals surface area contributed by atoms with Gasteiger partial charge in [0.25, 0.3) is 0 Å². The average molecular weight is 225 g/mol. The lowest BCUT2D eigenvalue weighted by Crippen LogP contribution is -2.16. The number of benzene rings is 1. The molecular formula is C12H19NO3. The molecule has 0 spiro atoms. The van der Waals surface area contributed by atoms with E-state index in [0.717, 1.165) is 17.1 Å². The van der Waals surface area contributed by atoms with Gasteiger partial charge in [-0.3, -0.25) is 0 Å². The van der Waals surface area contributed by atoms with E-state index >= 15 is 0 Å². The molecule has 0 aromatic heterocycles. The summed E-state index contributed by atoms with van der Waals surface area (Å²) in [5.74, 6) is 1.50. The van der Waals surface area contributed by atoms with Crippen LogP contribution in [-0.4, -0.2) is 27.4 Å². The second-order valence-electron chi connectivity index (χ2n) is 3.29. The predicted octanol–water partition coefficient (Wildman–Crippen LogP) is 1.74. The van der Waals surface area contributed by atoms with E-state index in [1.807, 2.05) is 25.1 Å². The van der Waals surface area contributed by atoms with Gasteiger partial charge in [0.15, 0.2) is 0 Å². The second-order valence-corrected chi connectivity index (χ2v) is 3.29. The zero-order valence-electron chi connectivity index (χ0n) is 10.0. The third kappa shape index (κ3) is 2.87. The maximum Gasteiger partial charge on any atom is 0.128 e. The van der Waals surface area contributed by atoms with Crippen molar-refractivity contribution in [3.8, 4) is 11.5 Å². The minimum absolute atomic E-state index is 0.133. The van der Waals surface area contributed by atoms with Crippen molar-refractivity contribution in [2.45, 2.75) is 13.0 Å². The van der Waals surface area contributed by atoms with Crippen LogP contribution in [0.5, 0.6) is 11.5 Å². The van der Waals surface area contributed by atoms with Crippen molar-refractivity contribution in [2.75, 3.05) is 27.4 Å². The molecule has 0 amide bonds. The highest BCUT2D eigenvalue weighted by molar-refractivity contribution is 5.42. The Morgan fingerprint density at radius 1 is 1.25 bits per heavy atom. The van der Waals surface area contributed by atoms with Crippen molar-refractivity contribution < 1.29 is 14.2 Å². The predicted molar refractivity (Wildman–Crippen MR) is 63.0 cm³/mol. The van der Waals surface area contributed by atoms with Gasteiger partial charge in [0.2, 0.25) is 0 Å². The van der Waals surface area contributed by atoms with Crippen LogP contribution in [0.2, 0.25) is 0 Å². The topological polar surface area (TPSA) is 53.7 Å². The summed E-state index contributed by atoms with van der Waals surface area (Å²) in [6.45, 7) is 2.99. The zero-order valence-corrected chi connectivity index (χ0v) is 10.0. The molecule has 0 heterocycles. The van der Waals surface area contributed by atoms with Gasteiger partial charge < -0.3 is 19.9 Å². The van der Waals surface area contributed by atoms with Gasteiger partial charge >= 0.3 is 0 Å². The van der Waals surface area contributed by atoms with Crippen LogP contribution >= 0.6 is 0 Å². The van der Waals surface area contributed by atoms with Crippen molar-refractivity contribution in [1.29, 1.82) is 0 Å². The summed E-state index contributed by atoms with van der Waals surface area (Å²) in [5.41, 5.74) is 6.62. The Hall–Kier alpha value is -1.26. The quantitative estimate of drug-likeness (QED) is 0.801. The van der Waals surface area contributed by atoms with Gasteiger partial charge in [-0.25, -0.2) is 0 Å². The summed E-state index contributed by atoms with van der Waals surface area (Å²) >= 11 is 0. The van der Waals surface area contributed by atoms with E-state index in [1.165, 1.54) is 0 Å².